The normalized spacial score (nSPS) is 10.9. The minimum atomic E-state index is -0.443. The average molecular weight is 295 g/mol. The van der Waals surface area contributed by atoms with Gasteiger partial charge in [-0.3, -0.25) is 0 Å². The van der Waals surface area contributed by atoms with Gasteiger partial charge in [0.1, 0.15) is 0 Å². The number of hydrogen-bond donors (Lipinski definition) is 4. The molecule has 0 spiro atoms. The Balaban J connectivity index is 2.06. The zero-order chi connectivity index (χ0) is 15.5. The summed E-state index contributed by atoms with van der Waals surface area (Å²) >= 11 is 0. The fraction of sp³-hybridized carbons (Fsp3) is 0.647. The second-order valence-corrected chi connectivity index (χ2v) is 5.59. The van der Waals surface area contributed by atoms with Crippen LogP contribution in [-0.2, 0) is 6.54 Å². The van der Waals surface area contributed by atoms with E-state index >= 15 is 0 Å². The van der Waals surface area contributed by atoms with Gasteiger partial charge < -0.3 is 20.6 Å². The number of hydrogen-bond acceptors (Lipinski definition) is 4. The third kappa shape index (κ3) is 6.71. The Hall–Kier alpha value is -1.42. The highest BCUT2D eigenvalue weighted by atomic mass is 16.3. The zero-order valence-corrected chi connectivity index (χ0v) is 13.1. The van der Waals surface area contributed by atoms with Gasteiger partial charge in [-0.2, -0.15) is 0 Å². The highest BCUT2D eigenvalue weighted by Crippen LogP contribution is 2.36. The Bertz CT molecular complexity index is 407. The smallest absolute Gasteiger partial charge is 0.200 e. The van der Waals surface area contributed by atoms with Gasteiger partial charge in [-0.1, -0.05) is 57.9 Å². The van der Waals surface area contributed by atoms with E-state index in [1.54, 1.807) is 6.07 Å². The lowest BCUT2D eigenvalue weighted by Gasteiger charge is -2.09. The van der Waals surface area contributed by atoms with E-state index in [9.17, 15) is 15.3 Å². The highest BCUT2D eigenvalue weighted by molar-refractivity contribution is 5.52. The van der Waals surface area contributed by atoms with Crippen LogP contribution in [0.3, 0.4) is 0 Å². The van der Waals surface area contributed by atoms with Crippen molar-refractivity contribution < 1.29 is 15.3 Å². The standard InChI is InChI=1S/C17H29NO3/c1-2-3-4-5-6-7-8-9-12-18-13-14-10-11-15(19)17(21)16(14)20/h10-11,18-21H,2-9,12-13H2,1H3. The molecule has 120 valence electrons. The Labute approximate surface area is 127 Å². The van der Waals surface area contributed by atoms with Crippen LogP contribution in [0, 0.1) is 0 Å². The lowest BCUT2D eigenvalue weighted by atomic mass is 10.1. The van der Waals surface area contributed by atoms with Gasteiger partial charge in [-0.15, -0.1) is 0 Å². The van der Waals surface area contributed by atoms with E-state index in [1.807, 2.05) is 0 Å². The van der Waals surface area contributed by atoms with Crippen molar-refractivity contribution in [2.75, 3.05) is 6.54 Å². The van der Waals surface area contributed by atoms with Crippen LogP contribution >= 0.6 is 0 Å². The molecule has 0 amide bonds. The quantitative estimate of drug-likeness (QED) is 0.367. The predicted molar refractivity (Wildman–Crippen MR) is 85.8 cm³/mol. The van der Waals surface area contributed by atoms with Gasteiger partial charge in [0.05, 0.1) is 0 Å². The molecule has 1 rings (SSSR count). The maximum atomic E-state index is 9.67. The largest absolute Gasteiger partial charge is 0.504 e. The second kappa shape index (κ2) is 10.3. The van der Waals surface area contributed by atoms with Gasteiger partial charge in [-0.05, 0) is 19.0 Å². The molecule has 1 aromatic carbocycles. The second-order valence-electron chi connectivity index (χ2n) is 5.59. The van der Waals surface area contributed by atoms with Crippen molar-refractivity contribution in [3.63, 3.8) is 0 Å². The van der Waals surface area contributed by atoms with E-state index in [0.29, 0.717) is 12.1 Å². The van der Waals surface area contributed by atoms with Crippen LogP contribution in [0.2, 0.25) is 0 Å². The fourth-order valence-corrected chi connectivity index (χ4v) is 2.36. The van der Waals surface area contributed by atoms with Crippen LogP contribution in [0.1, 0.15) is 63.9 Å². The fourth-order valence-electron chi connectivity index (χ4n) is 2.36. The summed E-state index contributed by atoms with van der Waals surface area (Å²) in [5.41, 5.74) is 0.602. The molecular formula is C17H29NO3. The topological polar surface area (TPSA) is 72.7 Å². The number of phenolic OH excluding ortho intramolecular Hbond substituents is 3. The van der Waals surface area contributed by atoms with Crippen LogP contribution in [0.4, 0.5) is 0 Å². The van der Waals surface area contributed by atoms with E-state index in [4.69, 9.17) is 0 Å². The van der Waals surface area contributed by atoms with Gasteiger partial charge in [0.2, 0.25) is 5.75 Å². The monoisotopic (exact) mass is 295 g/mol. The van der Waals surface area contributed by atoms with Crippen molar-refractivity contribution in [2.45, 2.75) is 64.8 Å². The van der Waals surface area contributed by atoms with Crippen molar-refractivity contribution in [3.05, 3.63) is 17.7 Å². The lowest BCUT2D eigenvalue weighted by Crippen LogP contribution is -2.14. The molecule has 0 bridgehead atoms. The molecule has 0 aliphatic carbocycles. The Kier molecular flexibility index (Phi) is 8.67. The summed E-state index contributed by atoms with van der Waals surface area (Å²) in [6, 6.07) is 3.01. The van der Waals surface area contributed by atoms with Crippen LogP contribution in [0.15, 0.2) is 12.1 Å². The zero-order valence-electron chi connectivity index (χ0n) is 13.1. The first-order chi connectivity index (χ1) is 10.2. The summed E-state index contributed by atoms with van der Waals surface area (Å²) < 4.78 is 0. The molecule has 0 aliphatic rings. The summed E-state index contributed by atoms with van der Waals surface area (Å²) in [6.07, 6.45) is 10.3. The van der Waals surface area contributed by atoms with Crippen molar-refractivity contribution in [2.24, 2.45) is 0 Å². The molecule has 0 aliphatic heterocycles. The molecule has 0 saturated carbocycles. The third-order valence-corrected chi connectivity index (χ3v) is 3.74. The first kappa shape index (κ1) is 17.6. The molecule has 0 atom stereocenters. The first-order valence-corrected chi connectivity index (χ1v) is 8.10. The molecule has 0 unspecified atom stereocenters. The van der Waals surface area contributed by atoms with Crippen molar-refractivity contribution in [1.29, 1.82) is 0 Å². The van der Waals surface area contributed by atoms with Gasteiger partial charge in [-0.25, -0.2) is 0 Å². The third-order valence-electron chi connectivity index (χ3n) is 3.74. The van der Waals surface area contributed by atoms with E-state index in [0.717, 1.165) is 13.0 Å². The van der Waals surface area contributed by atoms with Crippen molar-refractivity contribution in [3.8, 4) is 17.2 Å². The highest BCUT2D eigenvalue weighted by Gasteiger charge is 2.10. The van der Waals surface area contributed by atoms with E-state index in [2.05, 4.69) is 12.2 Å². The molecule has 0 aromatic heterocycles. The van der Waals surface area contributed by atoms with Crippen LogP contribution in [0.5, 0.6) is 17.2 Å². The number of nitrogens with one attached hydrogen (secondary N) is 1. The van der Waals surface area contributed by atoms with E-state index in [-0.39, 0.29) is 11.5 Å². The molecule has 21 heavy (non-hydrogen) atoms. The van der Waals surface area contributed by atoms with E-state index < -0.39 is 5.75 Å². The summed E-state index contributed by atoms with van der Waals surface area (Å²) in [7, 11) is 0. The molecule has 4 nitrogen and oxygen atoms in total. The molecule has 1 aromatic rings. The van der Waals surface area contributed by atoms with Gasteiger partial charge >= 0.3 is 0 Å². The predicted octanol–water partition coefficient (Wildman–Crippen LogP) is 4.03. The number of rotatable bonds is 11. The number of unbranched alkanes of at least 4 members (excludes halogenated alkanes) is 7. The Morgan fingerprint density at radius 1 is 0.810 bits per heavy atom. The summed E-state index contributed by atoms with van der Waals surface area (Å²) in [5.74, 6) is -0.973. The minimum Gasteiger partial charge on any atom is -0.504 e. The van der Waals surface area contributed by atoms with Crippen LogP contribution in [-0.4, -0.2) is 21.9 Å². The molecule has 4 heteroatoms. The van der Waals surface area contributed by atoms with Gasteiger partial charge in [0.25, 0.3) is 0 Å². The van der Waals surface area contributed by atoms with Crippen molar-refractivity contribution in [1.82, 2.24) is 5.32 Å². The molecule has 0 heterocycles. The van der Waals surface area contributed by atoms with E-state index in [1.165, 1.54) is 51.0 Å². The van der Waals surface area contributed by atoms with Gasteiger partial charge in [0, 0.05) is 12.1 Å². The number of aromatic hydroxyl groups is 3. The molecule has 0 saturated heterocycles. The van der Waals surface area contributed by atoms with Gasteiger partial charge in [0.15, 0.2) is 11.5 Å². The molecule has 0 radical (unpaired) electrons. The Morgan fingerprint density at radius 3 is 2.10 bits per heavy atom. The summed E-state index contributed by atoms with van der Waals surface area (Å²) in [5, 5.41) is 31.6. The molecular weight excluding hydrogens is 266 g/mol. The van der Waals surface area contributed by atoms with Crippen molar-refractivity contribution >= 4 is 0 Å². The first-order valence-electron chi connectivity index (χ1n) is 8.10. The molecule has 4 N–H and O–H groups in total. The summed E-state index contributed by atoms with van der Waals surface area (Å²) in [6.45, 7) is 3.63. The number of benzene rings is 1. The van der Waals surface area contributed by atoms with Crippen LogP contribution < -0.4 is 5.32 Å². The summed E-state index contributed by atoms with van der Waals surface area (Å²) in [4.78, 5) is 0. The SMILES string of the molecule is CCCCCCCCCCNCc1ccc(O)c(O)c1O. The minimum absolute atomic E-state index is 0.238. The molecule has 0 fully saturated rings. The number of phenols is 3. The lowest BCUT2D eigenvalue weighted by molar-refractivity contribution is 0.364. The Morgan fingerprint density at radius 2 is 1.43 bits per heavy atom. The average Bonchev–Trinajstić information content (AvgIpc) is 2.49. The maximum Gasteiger partial charge on any atom is 0.200 e. The maximum absolute atomic E-state index is 9.67. The van der Waals surface area contributed by atoms with Crippen LogP contribution in [0.25, 0.3) is 0 Å².